The van der Waals surface area contributed by atoms with E-state index in [1.165, 1.54) is 20.4 Å². The third-order valence-corrected chi connectivity index (χ3v) is 2.31. The van der Waals surface area contributed by atoms with E-state index < -0.39 is 6.10 Å². The summed E-state index contributed by atoms with van der Waals surface area (Å²) in [4.78, 5) is 10.2. The smallest absolute Gasteiger partial charge is 0.241 e. The van der Waals surface area contributed by atoms with Crippen LogP contribution in [0.2, 0.25) is 0 Å². The Morgan fingerprint density at radius 1 is 1.35 bits per heavy atom. The van der Waals surface area contributed by atoms with Crippen molar-refractivity contribution in [3.63, 3.8) is 0 Å². The summed E-state index contributed by atoms with van der Waals surface area (Å²) in [5.41, 5.74) is 0.440. The minimum atomic E-state index is -0.689. The monoisotopic (exact) mass is 241 g/mol. The van der Waals surface area contributed by atoms with Gasteiger partial charge in [0.1, 0.15) is 11.8 Å². The largest absolute Gasteiger partial charge is 0.480 e. The summed E-state index contributed by atoms with van der Waals surface area (Å²) in [6.45, 7) is 0.762. The second-order valence-corrected chi connectivity index (χ2v) is 3.91. The molecule has 1 aromatic heterocycles. The van der Waals surface area contributed by atoms with E-state index in [2.05, 4.69) is 9.97 Å². The van der Waals surface area contributed by atoms with E-state index >= 15 is 0 Å². The fraction of sp³-hybridized carbons (Fsp3) is 0.636. The van der Waals surface area contributed by atoms with Gasteiger partial charge in [-0.05, 0) is 20.5 Å². The molecular formula is C11H19N3O3. The van der Waals surface area contributed by atoms with Crippen molar-refractivity contribution < 1.29 is 14.6 Å². The van der Waals surface area contributed by atoms with Crippen molar-refractivity contribution in [3.8, 4) is 11.8 Å². The zero-order chi connectivity index (χ0) is 12.8. The van der Waals surface area contributed by atoms with Crippen molar-refractivity contribution in [1.29, 1.82) is 0 Å². The first-order valence-corrected chi connectivity index (χ1v) is 5.36. The highest BCUT2D eigenvalue weighted by atomic mass is 16.5. The van der Waals surface area contributed by atoms with Crippen LogP contribution >= 0.6 is 0 Å². The van der Waals surface area contributed by atoms with Crippen LogP contribution in [0.5, 0.6) is 11.8 Å². The highest BCUT2D eigenvalue weighted by Crippen LogP contribution is 2.24. The minimum Gasteiger partial charge on any atom is -0.480 e. The molecule has 0 bridgehead atoms. The van der Waals surface area contributed by atoms with E-state index in [1.54, 1.807) is 0 Å². The highest BCUT2D eigenvalue weighted by molar-refractivity contribution is 5.24. The lowest BCUT2D eigenvalue weighted by Crippen LogP contribution is -2.17. The first-order valence-electron chi connectivity index (χ1n) is 5.36. The summed E-state index contributed by atoms with van der Waals surface area (Å²) in [7, 11) is 6.89. The predicted octanol–water partition coefficient (Wildman–Crippen LogP) is 0.479. The van der Waals surface area contributed by atoms with Gasteiger partial charge in [0, 0.05) is 6.54 Å². The molecular weight excluding hydrogens is 222 g/mol. The lowest BCUT2D eigenvalue weighted by atomic mass is 10.2. The van der Waals surface area contributed by atoms with Crippen molar-refractivity contribution in [2.24, 2.45) is 0 Å². The van der Waals surface area contributed by atoms with Crippen molar-refractivity contribution in [2.75, 3.05) is 34.9 Å². The molecule has 0 amide bonds. The predicted molar refractivity (Wildman–Crippen MR) is 63.3 cm³/mol. The fourth-order valence-electron chi connectivity index (χ4n) is 1.36. The van der Waals surface area contributed by atoms with Crippen LogP contribution < -0.4 is 9.47 Å². The van der Waals surface area contributed by atoms with Gasteiger partial charge in [0.15, 0.2) is 0 Å². The van der Waals surface area contributed by atoms with E-state index in [0.29, 0.717) is 23.9 Å². The van der Waals surface area contributed by atoms with Crippen LogP contribution in [-0.2, 0) is 0 Å². The number of hydrogen-bond donors (Lipinski definition) is 1. The van der Waals surface area contributed by atoms with Crippen LogP contribution in [0.15, 0.2) is 6.20 Å². The number of aromatic nitrogens is 2. The molecule has 0 aromatic carbocycles. The second-order valence-electron chi connectivity index (χ2n) is 3.91. The maximum atomic E-state index is 9.99. The van der Waals surface area contributed by atoms with Crippen LogP contribution in [-0.4, -0.2) is 54.8 Å². The number of hydrogen-bond acceptors (Lipinski definition) is 6. The van der Waals surface area contributed by atoms with E-state index in [4.69, 9.17) is 9.47 Å². The fourth-order valence-corrected chi connectivity index (χ4v) is 1.36. The Balaban J connectivity index is 2.81. The van der Waals surface area contributed by atoms with Gasteiger partial charge in [-0.2, -0.15) is 4.98 Å². The van der Waals surface area contributed by atoms with E-state index in [-0.39, 0.29) is 0 Å². The lowest BCUT2D eigenvalue weighted by molar-refractivity contribution is 0.144. The molecule has 0 saturated carbocycles. The van der Waals surface area contributed by atoms with Gasteiger partial charge in [-0.15, -0.1) is 0 Å². The van der Waals surface area contributed by atoms with E-state index in [0.717, 1.165) is 6.54 Å². The zero-order valence-electron chi connectivity index (χ0n) is 10.7. The quantitative estimate of drug-likeness (QED) is 0.781. The highest BCUT2D eigenvalue weighted by Gasteiger charge is 2.17. The van der Waals surface area contributed by atoms with Gasteiger partial charge >= 0.3 is 0 Å². The molecule has 0 radical (unpaired) electrons. The summed E-state index contributed by atoms with van der Waals surface area (Å²) >= 11 is 0. The van der Waals surface area contributed by atoms with E-state index in [1.807, 2.05) is 19.0 Å². The Kier molecular flexibility index (Phi) is 5.11. The lowest BCUT2D eigenvalue weighted by Gasteiger charge is -2.15. The maximum Gasteiger partial charge on any atom is 0.241 e. The van der Waals surface area contributed by atoms with Gasteiger partial charge in [-0.1, -0.05) is 0 Å². The van der Waals surface area contributed by atoms with Gasteiger partial charge in [-0.3, -0.25) is 0 Å². The molecule has 96 valence electrons. The summed E-state index contributed by atoms with van der Waals surface area (Å²) in [5, 5.41) is 9.99. The van der Waals surface area contributed by atoms with Gasteiger partial charge < -0.3 is 19.5 Å². The molecule has 1 atom stereocenters. The molecule has 6 heteroatoms. The van der Waals surface area contributed by atoms with Crippen LogP contribution in [0, 0.1) is 0 Å². The Hall–Kier alpha value is -1.40. The molecule has 1 heterocycles. The Morgan fingerprint density at radius 3 is 2.59 bits per heavy atom. The third kappa shape index (κ3) is 3.83. The van der Waals surface area contributed by atoms with Gasteiger partial charge in [0.2, 0.25) is 11.8 Å². The third-order valence-electron chi connectivity index (χ3n) is 2.31. The summed E-state index contributed by atoms with van der Waals surface area (Å²) in [5.74, 6) is 0.668. The first-order chi connectivity index (χ1) is 8.08. The molecule has 1 unspecified atom stereocenters. The van der Waals surface area contributed by atoms with Crippen LogP contribution in [0.1, 0.15) is 18.2 Å². The molecule has 0 aliphatic carbocycles. The van der Waals surface area contributed by atoms with Crippen molar-refractivity contribution in [1.82, 2.24) is 14.9 Å². The molecule has 1 rings (SSSR count). The van der Waals surface area contributed by atoms with Crippen LogP contribution in [0.3, 0.4) is 0 Å². The molecule has 0 fully saturated rings. The Bertz CT molecular complexity index is 358. The molecule has 0 aliphatic rings. The number of aliphatic hydroxyl groups is 1. The number of rotatable bonds is 6. The number of ether oxygens (including phenoxy) is 2. The number of nitrogens with zero attached hydrogens (tertiary/aromatic N) is 3. The van der Waals surface area contributed by atoms with Gasteiger partial charge in [0.05, 0.1) is 20.4 Å². The van der Waals surface area contributed by atoms with Crippen molar-refractivity contribution >= 4 is 0 Å². The van der Waals surface area contributed by atoms with Gasteiger partial charge in [-0.25, -0.2) is 4.98 Å². The molecule has 6 nitrogen and oxygen atoms in total. The minimum absolute atomic E-state index is 0.301. The summed E-state index contributed by atoms with van der Waals surface area (Å²) < 4.78 is 10.0. The van der Waals surface area contributed by atoms with Crippen molar-refractivity contribution in [3.05, 3.63) is 11.9 Å². The van der Waals surface area contributed by atoms with Crippen LogP contribution in [0.25, 0.3) is 0 Å². The first kappa shape index (κ1) is 13.7. The summed E-state index contributed by atoms with van der Waals surface area (Å²) in [6.07, 6.45) is 1.35. The Morgan fingerprint density at radius 2 is 2.06 bits per heavy atom. The molecule has 1 N–H and O–H groups in total. The number of methoxy groups -OCH3 is 2. The molecule has 0 saturated heterocycles. The SMILES string of the molecule is COc1cnc(C(O)CCN(C)C)c(OC)n1. The number of aliphatic hydroxyl groups excluding tert-OH is 1. The zero-order valence-corrected chi connectivity index (χ0v) is 10.7. The molecule has 0 spiro atoms. The topological polar surface area (TPSA) is 67.7 Å². The Labute approximate surface area is 101 Å². The van der Waals surface area contributed by atoms with Crippen molar-refractivity contribution in [2.45, 2.75) is 12.5 Å². The summed E-state index contributed by atoms with van der Waals surface area (Å²) in [6, 6.07) is 0. The van der Waals surface area contributed by atoms with E-state index in [9.17, 15) is 5.11 Å². The molecule has 17 heavy (non-hydrogen) atoms. The average Bonchev–Trinajstić information content (AvgIpc) is 2.34. The van der Waals surface area contributed by atoms with Crippen LogP contribution in [0.4, 0.5) is 0 Å². The van der Waals surface area contributed by atoms with Gasteiger partial charge in [0.25, 0.3) is 0 Å². The normalized spacial score (nSPS) is 12.6. The maximum absolute atomic E-state index is 9.99. The average molecular weight is 241 g/mol. The standard InChI is InChI=1S/C11H19N3O3/c1-14(2)6-5-8(15)10-11(17-4)13-9(16-3)7-12-10/h7-8,15H,5-6H2,1-4H3. The molecule has 1 aromatic rings. The molecule has 0 aliphatic heterocycles. The second kappa shape index (κ2) is 6.36.